The predicted molar refractivity (Wildman–Crippen MR) is 61.6 cm³/mol. The monoisotopic (exact) mass is 285 g/mol. The van der Waals surface area contributed by atoms with Crippen LogP contribution < -0.4 is 0 Å². The molecule has 1 aromatic heterocycles. The molecule has 2 heterocycles. The van der Waals surface area contributed by atoms with Gasteiger partial charge in [-0.05, 0) is 17.7 Å². The number of halogens is 2. The van der Waals surface area contributed by atoms with Crippen molar-refractivity contribution in [3.63, 3.8) is 0 Å². The van der Waals surface area contributed by atoms with Crippen LogP contribution in [-0.4, -0.2) is 23.2 Å². The van der Waals surface area contributed by atoms with E-state index in [1.807, 2.05) is 0 Å². The van der Waals surface area contributed by atoms with Crippen LogP contribution in [0.4, 0.5) is 8.78 Å². The highest BCUT2D eigenvalue weighted by Crippen LogP contribution is 2.39. The standard InChI is InChI=1S/C11H9F2N3O2S/c12-7-3-1-6(2-4-7)9-5-8(13)10-14-11(19(17)18)15-16(9)10/h1-4,8-9,19H,5H2/t8-,9-/m0/s1. The van der Waals surface area contributed by atoms with Gasteiger partial charge < -0.3 is 0 Å². The molecule has 100 valence electrons. The van der Waals surface area contributed by atoms with Gasteiger partial charge in [-0.15, -0.1) is 5.10 Å². The van der Waals surface area contributed by atoms with Crippen LogP contribution in [0.15, 0.2) is 29.4 Å². The lowest BCUT2D eigenvalue weighted by Crippen LogP contribution is -2.07. The van der Waals surface area contributed by atoms with Crippen molar-refractivity contribution in [2.45, 2.75) is 23.8 Å². The highest BCUT2D eigenvalue weighted by Gasteiger charge is 2.35. The Labute approximate surface area is 108 Å². The van der Waals surface area contributed by atoms with Crippen LogP contribution in [0.2, 0.25) is 0 Å². The molecule has 0 saturated carbocycles. The van der Waals surface area contributed by atoms with Crippen LogP contribution in [0.5, 0.6) is 0 Å². The Morgan fingerprint density at radius 1 is 1.26 bits per heavy atom. The summed E-state index contributed by atoms with van der Waals surface area (Å²) in [5.41, 5.74) is 0.667. The molecule has 8 heteroatoms. The predicted octanol–water partition coefficient (Wildman–Crippen LogP) is 1.39. The number of fused-ring (bicyclic) bond motifs is 1. The van der Waals surface area contributed by atoms with Crippen LogP contribution in [-0.2, 0) is 10.7 Å². The van der Waals surface area contributed by atoms with E-state index in [0.29, 0.717) is 5.56 Å². The zero-order chi connectivity index (χ0) is 13.6. The maximum Gasteiger partial charge on any atom is 0.264 e. The molecule has 0 fully saturated rings. The van der Waals surface area contributed by atoms with Crippen molar-refractivity contribution in [1.29, 1.82) is 0 Å². The Bertz CT molecular complexity index is 688. The van der Waals surface area contributed by atoms with Crippen molar-refractivity contribution in [3.05, 3.63) is 41.5 Å². The van der Waals surface area contributed by atoms with Crippen LogP contribution in [0, 0.1) is 5.82 Å². The summed E-state index contributed by atoms with van der Waals surface area (Å²) in [7, 11) is -2.94. The Hall–Kier alpha value is -1.83. The largest absolute Gasteiger partial charge is 0.264 e. The summed E-state index contributed by atoms with van der Waals surface area (Å²) in [6, 6.07) is 5.14. The van der Waals surface area contributed by atoms with Gasteiger partial charge in [0.05, 0.1) is 6.04 Å². The second-order valence-corrected chi connectivity index (χ2v) is 5.16. The van der Waals surface area contributed by atoms with E-state index in [-0.39, 0.29) is 23.2 Å². The number of hydrogen-bond acceptors (Lipinski definition) is 4. The summed E-state index contributed by atoms with van der Waals surface area (Å²) < 4.78 is 49.6. The molecule has 1 aliphatic rings. The van der Waals surface area contributed by atoms with Gasteiger partial charge in [-0.25, -0.2) is 21.9 Å². The Kier molecular flexibility index (Phi) is 2.81. The summed E-state index contributed by atoms with van der Waals surface area (Å²) >= 11 is 0. The number of alkyl halides is 1. The van der Waals surface area contributed by atoms with E-state index in [4.69, 9.17) is 0 Å². The molecule has 0 saturated heterocycles. The molecule has 1 aromatic carbocycles. The fourth-order valence-electron chi connectivity index (χ4n) is 2.21. The van der Waals surface area contributed by atoms with Gasteiger partial charge in [-0.2, -0.15) is 4.98 Å². The van der Waals surface area contributed by atoms with Gasteiger partial charge in [-0.1, -0.05) is 12.1 Å². The first kappa shape index (κ1) is 12.2. The highest BCUT2D eigenvalue weighted by atomic mass is 32.2. The minimum Gasteiger partial charge on any atom is -0.239 e. The fraction of sp³-hybridized carbons (Fsp3) is 0.273. The molecule has 1 aliphatic heterocycles. The zero-order valence-electron chi connectivity index (χ0n) is 9.53. The van der Waals surface area contributed by atoms with Crippen molar-refractivity contribution < 1.29 is 17.2 Å². The normalized spacial score (nSPS) is 21.8. The number of aromatic nitrogens is 3. The molecule has 0 N–H and O–H groups in total. The molecule has 0 amide bonds. The molecule has 2 atom stereocenters. The van der Waals surface area contributed by atoms with Gasteiger partial charge in [0.25, 0.3) is 5.16 Å². The number of benzene rings is 1. The number of rotatable bonds is 2. The smallest absolute Gasteiger partial charge is 0.239 e. The molecule has 0 radical (unpaired) electrons. The summed E-state index contributed by atoms with van der Waals surface area (Å²) in [6.07, 6.45) is -1.25. The third-order valence-electron chi connectivity index (χ3n) is 3.07. The van der Waals surface area contributed by atoms with E-state index in [1.165, 1.54) is 28.9 Å². The van der Waals surface area contributed by atoms with Gasteiger partial charge in [-0.3, -0.25) is 0 Å². The molecule has 0 aliphatic carbocycles. The Morgan fingerprint density at radius 3 is 2.58 bits per heavy atom. The minimum absolute atomic E-state index is 0.00326. The molecule has 0 unspecified atom stereocenters. The lowest BCUT2D eigenvalue weighted by molar-refractivity contribution is 0.326. The van der Waals surface area contributed by atoms with Gasteiger partial charge >= 0.3 is 0 Å². The van der Waals surface area contributed by atoms with Crippen LogP contribution >= 0.6 is 0 Å². The molecule has 0 spiro atoms. The van der Waals surface area contributed by atoms with Crippen molar-refractivity contribution in [2.75, 3.05) is 0 Å². The van der Waals surface area contributed by atoms with Crippen LogP contribution in [0.3, 0.4) is 0 Å². The average Bonchev–Trinajstić information content (AvgIpc) is 2.92. The maximum absolute atomic E-state index is 13.8. The average molecular weight is 285 g/mol. The van der Waals surface area contributed by atoms with Gasteiger partial charge in [0.2, 0.25) is 10.7 Å². The SMILES string of the molecule is O=[SH](=O)c1nc2n(n1)[C@H](c1ccc(F)cc1)C[C@@H]2F. The summed E-state index contributed by atoms with van der Waals surface area (Å²) in [6.45, 7) is 0. The van der Waals surface area contributed by atoms with Gasteiger partial charge in [0.15, 0.2) is 12.0 Å². The summed E-state index contributed by atoms with van der Waals surface area (Å²) in [5, 5.41) is 3.41. The van der Waals surface area contributed by atoms with E-state index in [2.05, 4.69) is 10.1 Å². The lowest BCUT2D eigenvalue weighted by atomic mass is 10.0. The van der Waals surface area contributed by atoms with E-state index in [1.54, 1.807) is 0 Å². The van der Waals surface area contributed by atoms with E-state index in [0.717, 1.165) is 0 Å². The molecule has 2 aromatic rings. The second kappa shape index (κ2) is 4.37. The zero-order valence-corrected chi connectivity index (χ0v) is 10.4. The van der Waals surface area contributed by atoms with Crippen molar-refractivity contribution in [3.8, 4) is 0 Å². The first-order valence-corrected chi connectivity index (χ1v) is 6.74. The van der Waals surface area contributed by atoms with E-state index < -0.39 is 22.9 Å². The Morgan fingerprint density at radius 2 is 1.95 bits per heavy atom. The van der Waals surface area contributed by atoms with Gasteiger partial charge in [0.1, 0.15) is 5.82 Å². The van der Waals surface area contributed by atoms with E-state index >= 15 is 0 Å². The van der Waals surface area contributed by atoms with Crippen LogP contribution in [0.1, 0.15) is 30.0 Å². The van der Waals surface area contributed by atoms with Crippen LogP contribution in [0.25, 0.3) is 0 Å². The van der Waals surface area contributed by atoms with Gasteiger partial charge in [0, 0.05) is 6.42 Å². The molecule has 3 rings (SSSR count). The lowest BCUT2D eigenvalue weighted by Gasteiger charge is -2.11. The quantitative estimate of drug-likeness (QED) is 0.847. The molecule has 0 bridgehead atoms. The highest BCUT2D eigenvalue weighted by molar-refractivity contribution is 7.72. The summed E-state index contributed by atoms with van der Waals surface area (Å²) in [5.74, 6) is -0.385. The van der Waals surface area contributed by atoms with E-state index in [9.17, 15) is 17.2 Å². The van der Waals surface area contributed by atoms with Crippen molar-refractivity contribution in [1.82, 2.24) is 14.8 Å². The third kappa shape index (κ3) is 2.01. The molecular weight excluding hydrogens is 276 g/mol. The number of thiol groups is 1. The fourth-order valence-corrected chi connectivity index (χ4v) is 2.56. The van der Waals surface area contributed by atoms with Crippen molar-refractivity contribution in [2.24, 2.45) is 0 Å². The molecular formula is C11H9F2N3O2S. The minimum atomic E-state index is -2.94. The molecule has 5 nitrogen and oxygen atoms in total. The Balaban J connectivity index is 2.05. The molecule has 19 heavy (non-hydrogen) atoms. The summed E-state index contributed by atoms with van der Waals surface area (Å²) in [4.78, 5) is 3.67. The maximum atomic E-state index is 13.8. The topological polar surface area (TPSA) is 64.8 Å². The second-order valence-electron chi connectivity index (χ2n) is 4.24. The number of nitrogens with zero attached hydrogens (tertiary/aromatic N) is 3. The number of hydrogen-bond donors (Lipinski definition) is 1. The first-order chi connectivity index (χ1) is 9.06. The van der Waals surface area contributed by atoms with Crippen molar-refractivity contribution >= 4 is 10.7 Å². The first-order valence-electron chi connectivity index (χ1n) is 5.56. The third-order valence-corrected chi connectivity index (χ3v) is 3.59.